The number of nitrogens with one attached hydrogen (secondary N) is 1. The predicted octanol–water partition coefficient (Wildman–Crippen LogP) is 3.75. The average molecular weight is 396 g/mol. The molecule has 0 aromatic heterocycles. The monoisotopic (exact) mass is 395 g/mol. The van der Waals surface area contributed by atoms with Crippen LogP contribution in [-0.2, 0) is 4.57 Å². The van der Waals surface area contributed by atoms with Gasteiger partial charge in [0.25, 0.3) is 0 Å². The summed E-state index contributed by atoms with van der Waals surface area (Å²) in [6, 6.07) is 0. The van der Waals surface area contributed by atoms with Crippen molar-refractivity contribution in [1.29, 1.82) is 0 Å². The van der Waals surface area contributed by atoms with Crippen molar-refractivity contribution in [2.45, 2.75) is 90.4 Å². The van der Waals surface area contributed by atoms with E-state index >= 15 is 0 Å². The molecule has 0 aliphatic carbocycles. The van der Waals surface area contributed by atoms with Crippen LogP contribution in [0.4, 0.5) is 0 Å². The van der Waals surface area contributed by atoms with Gasteiger partial charge in [-0.25, -0.2) is 0 Å². The van der Waals surface area contributed by atoms with Crippen LogP contribution in [0.3, 0.4) is 0 Å². The zero-order chi connectivity index (χ0) is 19.9. The van der Waals surface area contributed by atoms with Crippen LogP contribution >= 0.6 is 7.60 Å². The summed E-state index contributed by atoms with van der Waals surface area (Å²) in [4.78, 5) is 17.4. The molecule has 0 spiro atoms. The van der Waals surface area contributed by atoms with E-state index in [1.807, 2.05) is 0 Å². The van der Waals surface area contributed by atoms with Crippen LogP contribution < -0.4 is 16.8 Å². The van der Waals surface area contributed by atoms with Crippen LogP contribution in [0.5, 0.6) is 0 Å². The second-order valence-corrected chi connectivity index (χ2v) is 8.73. The minimum absolute atomic E-state index is 0.0603. The van der Waals surface area contributed by atoms with Crippen molar-refractivity contribution < 1.29 is 14.4 Å². The first-order valence-corrected chi connectivity index (χ1v) is 12.4. The van der Waals surface area contributed by atoms with E-state index in [1.54, 1.807) is 0 Å². The van der Waals surface area contributed by atoms with Crippen molar-refractivity contribution in [2.24, 2.45) is 11.5 Å². The molecule has 160 valence electrons. The van der Waals surface area contributed by atoms with Gasteiger partial charge in [-0.2, -0.15) is 0 Å². The molecule has 0 radical (unpaired) electrons. The molecular formula is C19H46N3O3P. The lowest BCUT2D eigenvalue weighted by molar-refractivity contribution is 0.370. The van der Waals surface area contributed by atoms with E-state index in [0.29, 0.717) is 19.5 Å². The molecule has 0 rings (SSSR count). The summed E-state index contributed by atoms with van der Waals surface area (Å²) >= 11 is 0. The van der Waals surface area contributed by atoms with Gasteiger partial charge in [-0.05, 0) is 6.42 Å². The van der Waals surface area contributed by atoms with Gasteiger partial charge in [0.05, 0.1) is 0 Å². The summed E-state index contributed by atoms with van der Waals surface area (Å²) < 4.78 is 10.6. The molecule has 0 heterocycles. The standard InChI is InChI=1S/C15H33O3P.C4H13N3/c1-2-3-4-5-6-7-8-9-10-11-12-13-14-15-19(16,17)18;5-1-3-7-4-2-6/h2-15H2,1H3,(H2,16,17,18);7H,1-6H2. The van der Waals surface area contributed by atoms with Crippen LogP contribution in [0.1, 0.15) is 90.4 Å². The molecule has 0 bridgehead atoms. The second-order valence-electron chi connectivity index (χ2n) is 6.96. The fourth-order valence-corrected chi connectivity index (χ4v) is 3.30. The van der Waals surface area contributed by atoms with Crippen molar-refractivity contribution in [1.82, 2.24) is 5.32 Å². The third-order valence-electron chi connectivity index (χ3n) is 4.20. The molecule has 0 unspecified atom stereocenters. The van der Waals surface area contributed by atoms with E-state index in [1.165, 1.54) is 64.2 Å². The molecule has 0 aromatic carbocycles. The minimum Gasteiger partial charge on any atom is -0.329 e. The summed E-state index contributed by atoms with van der Waals surface area (Å²) in [5.74, 6) is 0. The van der Waals surface area contributed by atoms with E-state index in [2.05, 4.69) is 12.2 Å². The third-order valence-corrected chi connectivity index (χ3v) is 5.09. The maximum absolute atomic E-state index is 10.6. The molecule has 26 heavy (non-hydrogen) atoms. The van der Waals surface area contributed by atoms with Gasteiger partial charge < -0.3 is 26.6 Å². The van der Waals surface area contributed by atoms with Crippen LogP contribution in [0, 0.1) is 0 Å². The quantitative estimate of drug-likeness (QED) is 0.178. The largest absolute Gasteiger partial charge is 0.329 e. The Bertz CT molecular complexity index is 298. The number of unbranched alkanes of at least 4 members (excludes halogenated alkanes) is 12. The van der Waals surface area contributed by atoms with Crippen LogP contribution in [0.25, 0.3) is 0 Å². The Morgan fingerprint density at radius 3 is 1.35 bits per heavy atom. The molecule has 7 N–H and O–H groups in total. The van der Waals surface area contributed by atoms with Crippen molar-refractivity contribution in [3.8, 4) is 0 Å². The Balaban J connectivity index is 0. The molecule has 0 aromatic rings. The first-order valence-electron chi connectivity index (χ1n) is 10.6. The summed E-state index contributed by atoms with van der Waals surface area (Å²) in [5, 5.41) is 3.03. The lowest BCUT2D eigenvalue weighted by Crippen LogP contribution is -2.27. The fourth-order valence-electron chi connectivity index (χ4n) is 2.66. The topological polar surface area (TPSA) is 122 Å². The van der Waals surface area contributed by atoms with Crippen molar-refractivity contribution in [3.05, 3.63) is 0 Å². The van der Waals surface area contributed by atoms with Crippen molar-refractivity contribution in [3.63, 3.8) is 0 Å². The smallest absolute Gasteiger partial charge is 0.325 e. The predicted molar refractivity (Wildman–Crippen MR) is 114 cm³/mol. The highest BCUT2D eigenvalue weighted by molar-refractivity contribution is 7.51. The zero-order valence-electron chi connectivity index (χ0n) is 17.1. The van der Waals surface area contributed by atoms with Gasteiger partial charge in [0.1, 0.15) is 0 Å². The van der Waals surface area contributed by atoms with Gasteiger partial charge in [0.15, 0.2) is 0 Å². The summed E-state index contributed by atoms with van der Waals surface area (Å²) in [6.07, 6.45) is 16.3. The Kier molecular flexibility index (Phi) is 25.1. The van der Waals surface area contributed by atoms with Gasteiger partial charge >= 0.3 is 7.60 Å². The Hall–Kier alpha value is 0.0300. The fraction of sp³-hybridized carbons (Fsp3) is 1.00. The normalized spacial score (nSPS) is 11.3. The highest BCUT2D eigenvalue weighted by Crippen LogP contribution is 2.35. The summed E-state index contributed by atoms with van der Waals surface area (Å²) in [5.41, 5.74) is 10.3. The van der Waals surface area contributed by atoms with Gasteiger partial charge in [-0.15, -0.1) is 0 Å². The number of rotatable bonds is 18. The third kappa shape index (κ3) is 31.8. The molecule has 7 heteroatoms. The maximum atomic E-state index is 10.6. The zero-order valence-corrected chi connectivity index (χ0v) is 18.0. The second kappa shape index (κ2) is 23.1. The molecule has 0 amide bonds. The number of hydrogen-bond acceptors (Lipinski definition) is 4. The van der Waals surface area contributed by atoms with Gasteiger partial charge in [0, 0.05) is 32.3 Å². The van der Waals surface area contributed by atoms with Crippen molar-refractivity contribution >= 4 is 7.60 Å². The molecule has 0 saturated carbocycles. The molecule has 0 fully saturated rings. The SMILES string of the molecule is CCCCCCCCCCCCCCCP(=O)(O)O.NCCNCCN. The highest BCUT2D eigenvalue weighted by Gasteiger charge is 2.10. The van der Waals surface area contributed by atoms with Gasteiger partial charge in [-0.3, -0.25) is 4.57 Å². The van der Waals surface area contributed by atoms with Gasteiger partial charge in [0.2, 0.25) is 0 Å². The Morgan fingerprint density at radius 1 is 0.692 bits per heavy atom. The van der Waals surface area contributed by atoms with E-state index in [0.717, 1.165) is 25.9 Å². The lowest BCUT2D eigenvalue weighted by Gasteiger charge is -2.04. The number of nitrogens with two attached hydrogens (primary N) is 2. The van der Waals surface area contributed by atoms with Crippen LogP contribution in [0.15, 0.2) is 0 Å². The Morgan fingerprint density at radius 2 is 1.04 bits per heavy atom. The molecule has 0 saturated heterocycles. The van der Waals surface area contributed by atoms with E-state index in [9.17, 15) is 4.57 Å². The van der Waals surface area contributed by atoms with Gasteiger partial charge in [-0.1, -0.05) is 84.0 Å². The number of hydrogen-bond donors (Lipinski definition) is 5. The summed E-state index contributed by atoms with van der Waals surface area (Å²) in [6.45, 7) is 5.38. The van der Waals surface area contributed by atoms with Crippen molar-refractivity contribution in [2.75, 3.05) is 32.3 Å². The summed E-state index contributed by atoms with van der Waals surface area (Å²) in [7, 11) is -3.75. The molecule has 0 atom stereocenters. The molecular weight excluding hydrogens is 349 g/mol. The lowest BCUT2D eigenvalue weighted by atomic mass is 10.1. The van der Waals surface area contributed by atoms with E-state index in [4.69, 9.17) is 21.3 Å². The highest BCUT2D eigenvalue weighted by atomic mass is 31.2. The minimum atomic E-state index is -3.75. The van der Waals surface area contributed by atoms with Crippen LogP contribution in [0.2, 0.25) is 0 Å². The van der Waals surface area contributed by atoms with Crippen LogP contribution in [-0.4, -0.2) is 42.1 Å². The molecule has 0 aliphatic rings. The molecule has 0 aliphatic heterocycles. The first kappa shape index (κ1) is 28.2. The van der Waals surface area contributed by atoms with E-state index < -0.39 is 7.60 Å². The van der Waals surface area contributed by atoms with E-state index in [-0.39, 0.29) is 6.16 Å². The maximum Gasteiger partial charge on any atom is 0.325 e. The molecule has 6 nitrogen and oxygen atoms in total. The Labute approximate surface area is 162 Å². The first-order chi connectivity index (χ1) is 12.5. The average Bonchev–Trinajstić information content (AvgIpc) is 2.59.